The first kappa shape index (κ1) is 10.9. The molecular weight excluding hydrogens is 324 g/mol. The monoisotopic (exact) mass is 340 g/mol. The first-order chi connectivity index (χ1) is 9.65. The van der Waals surface area contributed by atoms with Crippen LogP contribution < -0.4 is 0 Å². The maximum atomic E-state index is 6.28. The zero-order chi connectivity index (χ0) is 13.1. The highest BCUT2D eigenvalue weighted by Crippen LogP contribution is 3.00. The summed E-state index contributed by atoms with van der Waals surface area (Å²) in [7, 11) is 0. The molecule has 0 unspecified atom stereocenters. The third kappa shape index (κ3) is 0.592. The molecule has 8 fully saturated rings. The lowest BCUT2D eigenvalue weighted by Gasteiger charge is -2.71. The molecule has 2 saturated heterocycles. The van der Waals surface area contributed by atoms with E-state index in [1.807, 2.05) is 0 Å². The highest BCUT2D eigenvalue weighted by molar-refractivity contribution is 9.10. The summed E-state index contributed by atoms with van der Waals surface area (Å²) in [6, 6.07) is 0. The predicted octanol–water partition coefficient (Wildman–Crippen LogP) is 1.38. The van der Waals surface area contributed by atoms with E-state index in [9.17, 15) is 0 Å². The zero-order valence-corrected chi connectivity index (χ0v) is 12.9. The van der Waals surface area contributed by atoms with Crippen molar-refractivity contribution in [1.29, 1.82) is 0 Å². The average molecular weight is 341 g/mol. The fraction of sp³-hybridized carbons (Fsp3) is 1.00. The van der Waals surface area contributed by atoms with Gasteiger partial charge in [-0.2, -0.15) is 0 Å². The molecule has 2 heterocycles. The van der Waals surface area contributed by atoms with Crippen molar-refractivity contribution in [3.05, 3.63) is 0 Å². The number of hydrogen-bond donors (Lipinski definition) is 0. The molecule has 0 aromatic heterocycles. The van der Waals surface area contributed by atoms with Crippen LogP contribution in [0.5, 0.6) is 0 Å². The van der Waals surface area contributed by atoms with Crippen LogP contribution in [0.4, 0.5) is 0 Å². The maximum absolute atomic E-state index is 6.28. The van der Waals surface area contributed by atoms with E-state index < -0.39 is 0 Å². The van der Waals surface area contributed by atoms with Crippen LogP contribution >= 0.6 is 15.9 Å². The number of halogens is 1. The van der Waals surface area contributed by atoms with E-state index in [0.717, 1.165) is 32.3 Å². The molecule has 4 bridgehead atoms. The molecule has 108 valence electrons. The summed E-state index contributed by atoms with van der Waals surface area (Å²) in [5, 5.41) is 0. The molecule has 6 aliphatic carbocycles. The Morgan fingerprint density at radius 1 is 0.700 bits per heavy atom. The number of alkyl halides is 1. The van der Waals surface area contributed by atoms with Crippen molar-refractivity contribution in [3.8, 4) is 0 Å². The van der Waals surface area contributed by atoms with Crippen molar-refractivity contribution in [2.24, 2.45) is 40.9 Å². The Morgan fingerprint density at radius 3 is 1.75 bits per heavy atom. The van der Waals surface area contributed by atoms with E-state index in [1.165, 1.54) is 0 Å². The summed E-state index contributed by atoms with van der Waals surface area (Å²) in [6.07, 6.45) is 0. The quantitative estimate of drug-likeness (QED) is 0.624. The molecule has 20 heavy (non-hydrogen) atoms. The second-order valence-corrected chi connectivity index (χ2v) is 9.25. The fourth-order valence-electron chi connectivity index (χ4n) is 8.35. The lowest BCUT2D eigenvalue weighted by atomic mass is 9.35. The van der Waals surface area contributed by atoms with Crippen LogP contribution in [0.1, 0.15) is 6.92 Å². The van der Waals surface area contributed by atoms with Crippen LogP contribution in [-0.2, 0) is 18.9 Å². The van der Waals surface area contributed by atoms with Gasteiger partial charge in [0.1, 0.15) is 0 Å². The second kappa shape index (κ2) is 2.56. The fourth-order valence-corrected chi connectivity index (χ4v) is 9.98. The smallest absolute Gasteiger partial charge is 0.187 e. The second-order valence-electron chi connectivity index (χ2n) is 7.93. The van der Waals surface area contributed by atoms with E-state index in [2.05, 4.69) is 22.9 Å². The number of rotatable bonds is 0. The first-order valence-electron chi connectivity index (χ1n) is 7.89. The molecule has 8 aliphatic rings. The van der Waals surface area contributed by atoms with E-state index in [0.29, 0.717) is 29.6 Å². The summed E-state index contributed by atoms with van der Waals surface area (Å²) in [4.78, 5) is 0. The molecule has 2 aliphatic heterocycles. The molecule has 0 aromatic carbocycles. The lowest BCUT2D eigenvalue weighted by Crippen LogP contribution is -2.74. The van der Waals surface area contributed by atoms with E-state index >= 15 is 0 Å². The Balaban J connectivity index is 1.53. The average Bonchev–Trinajstić information content (AvgIpc) is 3.19. The third-order valence-corrected chi connectivity index (χ3v) is 9.88. The van der Waals surface area contributed by atoms with Crippen molar-refractivity contribution in [1.82, 2.24) is 0 Å². The van der Waals surface area contributed by atoms with Gasteiger partial charge in [0.25, 0.3) is 0 Å². The number of hydrogen-bond acceptors (Lipinski definition) is 4. The molecule has 8 rings (SSSR count). The minimum atomic E-state index is -0.384. The SMILES string of the molecule is C[C@]12[C@@H]3[C@@H]4[C@@H]1[C@@H]1[C@@H]([C@@H]3[C@]4(Br)C13OCCO3)C21OCCO1. The minimum absolute atomic E-state index is 0.0412. The summed E-state index contributed by atoms with van der Waals surface area (Å²) < 4.78 is 25.1. The lowest BCUT2D eigenvalue weighted by molar-refractivity contribution is -0.289. The molecule has 8 atom stereocenters. The Kier molecular flexibility index (Phi) is 1.40. The number of ether oxygens (including phenoxy) is 4. The zero-order valence-electron chi connectivity index (χ0n) is 11.3. The Hall–Kier alpha value is 0.320. The van der Waals surface area contributed by atoms with Crippen molar-refractivity contribution in [2.75, 3.05) is 26.4 Å². The standard InChI is InChI=1S/C15H17BrO4/c1-12-6-8-7(12)10-11(14(12)17-2-3-18-14)9(6)13(8,16)15(10)19-4-5-20-15/h6-11H,2-5H2,1H3/t6-,7-,8-,9-,10-,11-,12+,13+/m1/s1. The van der Waals surface area contributed by atoms with Gasteiger partial charge in [-0.05, 0) is 23.7 Å². The van der Waals surface area contributed by atoms with E-state index in [4.69, 9.17) is 18.9 Å². The van der Waals surface area contributed by atoms with Gasteiger partial charge >= 0.3 is 0 Å². The maximum Gasteiger partial charge on any atom is 0.187 e. The van der Waals surface area contributed by atoms with Crippen molar-refractivity contribution < 1.29 is 18.9 Å². The Morgan fingerprint density at radius 2 is 1.15 bits per heavy atom. The molecule has 5 heteroatoms. The van der Waals surface area contributed by atoms with Crippen LogP contribution in [0.25, 0.3) is 0 Å². The van der Waals surface area contributed by atoms with Gasteiger partial charge < -0.3 is 18.9 Å². The highest BCUT2D eigenvalue weighted by Gasteiger charge is 3.07. The summed E-state index contributed by atoms with van der Waals surface area (Å²) in [5.41, 5.74) is 0.199. The molecule has 0 aromatic rings. The van der Waals surface area contributed by atoms with Gasteiger partial charge in [-0.15, -0.1) is 0 Å². The Labute approximate surface area is 125 Å². The summed E-state index contributed by atoms with van der Waals surface area (Å²) in [5.74, 6) is 2.94. The van der Waals surface area contributed by atoms with Gasteiger partial charge in [-0.3, -0.25) is 0 Å². The van der Waals surface area contributed by atoms with Gasteiger partial charge in [0.05, 0.1) is 30.8 Å². The molecule has 0 radical (unpaired) electrons. The summed E-state index contributed by atoms with van der Waals surface area (Å²) in [6.45, 7) is 5.38. The van der Waals surface area contributed by atoms with Gasteiger partial charge in [0.2, 0.25) is 0 Å². The minimum Gasteiger partial charge on any atom is -0.347 e. The largest absolute Gasteiger partial charge is 0.347 e. The highest BCUT2D eigenvalue weighted by atomic mass is 79.9. The van der Waals surface area contributed by atoms with E-state index in [1.54, 1.807) is 0 Å². The van der Waals surface area contributed by atoms with Crippen molar-refractivity contribution >= 4 is 15.9 Å². The van der Waals surface area contributed by atoms with Crippen LogP contribution in [0.15, 0.2) is 0 Å². The van der Waals surface area contributed by atoms with Crippen LogP contribution in [-0.4, -0.2) is 42.3 Å². The normalized spacial score (nSPS) is 71.1. The van der Waals surface area contributed by atoms with Gasteiger partial charge in [0, 0.05) is 17.3 Å². The predicted molar refractivity (Wildman–Crippen MR) is 70.0 cm³/mol. The molecule has 0 N–H and O–H groups in total. The van der Waals surface area contributed by atoms with E-state index in [-0.39, 0.29) is 21.3 Å². The van der Waals surface area contributed by atoms with Gasteiger partial charge in [0.15, 0.2) is 11.6 Å². The summed E-state index contributed by atoms with van der Waals surface area (Å²) >= 11 is 4.12. The third-order valence-electron chi connectivity index (χ3n) is 8.27. The first-order valence-corrected chi connectivity index (χ1v) is 8.69. The topological polar surface area (TPSA) is 36.9 Å². The molecule has 4 nitrogen and oxygen atoms in total. The Bertz CT molecular complexity index is 518. The molecular formula is C15H17BrO4. The van der Waals surface area contributed by atoms with Gasteiger partial charge in [-0.25, -0.2) is 0 Å². The molecule has 2 spiro atoms. The van der Waals surface area contributed by atoms with Crippen LogP contribution in [0.3, 0.4) is 0 Å². The van der Waals surface area contributed by atoms with Crippen LogP contribution in [0.2, 0.25) is 0 Å². The molecule has 6 saturated carbocycles. The van der Waals surface area contributed by atoms with Crippen molar-refractivity contribution in [2.45, 2.75) is 22.8 Å². The van der Waals surface area contributed by atoms with Crippen molar-refractivity contribution in [3.63, 3.8) is 0 Å². The van der Waals surface area contributed by atoms with Crippen LogP contribution in [0, 0.1) is 40.9 Å². The van der Waals surface area contributed by atoms with Gasteiger partial charge in [-0.1, -0.05) is 22.9 Å². The molecule has 0 amide bonds.